The van der Waals surface area contributed by atoms with Crippen LogP contribution in [0.1, 0.15) is 12.5 Å². The summed E-state index contributed by atoms with van der Waals surface area (Å²) in [5.74, 6) is -1.39. The van der Waals surface area contributed by atoms with E-state index < -0.39 is 17.2 Å². The average molecular weight is 206 g/mol. The van der Waals surface area contributed by atoms with Gasteiger partial charge < -0.3 is 11.5 Å². The van der Waals surface area contributed by atoms with E-state index in [2.05, 4.69) is 0 Å². The van der Waals surface area contributed by atoms with E-state index in [1.54, 1.807) is 0 Å². The van der Waals surface area contributed by atoms with Crippen LogP contribution in [-0.4, -0.2) is 11.8 Å². The number of rotatable bonds is 4. The summed E-state index contributed by atoms with van der Waals surface area (Å²) in [4.78, 5) is 22.4. The van der Waals surface area contributed by atoms with E-state index in [-0.39, 0.29) is 6.42 Å². The van der Waals surface area contributed by atoms with Gasteiger partial charge in [0.25, 0.3) is 0 Å². The van der Waals surface area contributed by atoms with Crippen LogP contribution in [0.4, 0.5) is 0 Å². The molecule has 15 heavy (non-hydrogen) atoms. The number of carbonyl (C=O) groups excluding carboxylic acids is 2. The number of amides is 2. The maximum absolute atomic E-state index is 11.2. The Morgan fingerprint density at radius 2 is 1.60 bits per heavy atom. The highest BCUT2D eigenvalue weighted by atomic mass is 16.2. The lowest BCUT2D eigenvalue weighted by atomic mass is 9.82. The molecule has 0 unspecified atom stereocenters. The molecule has 0 aliphatic heterocycles. The van der Waals surface area contributed by atoms with Crippen molar-refractivity contribution in [2.75, 3.05) is 0 Å². The van der Waals surface area contributed by atoms with Gasteiger partial charge in [-0.15, -0.1) is 0 Å². The molecule has 0 aromatic heterocycles. The van der Waals surface area contributed by atoms with Crippen molar-refractivity contribution in [3.8, 4) is 0 Å². The number of hydrogen-bond donors (Lipinski definition) is 2. The fraction of sp³-hybridized carbons (Fsp3) is 0.273. The largest absolute Gasteiger partial charge is 0.369 e. The molecule has 0 bridgehead atoms. The Bertz CT molecular complexity index is 359. The smallest absolute Gasteiger partial charge is 0.233 e. The van der Waals surface area contributed by atoms with Gasteiger partial charge in [-0.3, -0.25) is 9.59 Å². The van der Waals surface area contributed by atoms with Crippen molar-refractivity contribution in [1.82, 2.24) is 0 Å². The molecule has 0 atom stereocenters. The van der Waals surface area contributed by atoms with Crippen LogP contribution in [0.15, 0.2) is 30.3 Å². The minimum Gasteiger partial charge on any atom is -0.369 e. The van der Waals surface area contributed by atoms with Crippen molar-refractivity contribution in [3.05, 3.63) is 35.9 Å². The molecule has 4 heteroatoms. The maximum Gasteiger partial charge on any atom is 0.233 e. The molecule has 0 saturated heterocycles. The molecule has 1 rings (SSSR count). The molecule has 0 aliphatic rings. The van der Waals surface area contributed by atoms with Crippen LogP contribution in [-0.2, 0) is 16.0 Å². The highest BCUT2D eigenvalue weighted by molar-refractivity contribution is 6.03. The second-order valence-corrected chi connectivity index (χ2v) is 3.72. The van der Waals surface area contributed by atoms with Crippen LogP contribution in [0.5, 0.6) is 0 Å². The lowest BCUT2D eigenvalue weighted by Crippen LogP contribution is -2.46. The lowest BCUT2D eigenvalue weighted by Gasteiger charge is -2.21. The number of carbonyl (C=O) groups is 2. The van der Waals surface area contributed by atoms with Gasteiger partial charge in [-0.2, -0.15) is 0 Å². The molecule has 0 spiro atoms. The summed E-state index contributed by atoms with van der Waals surface area (Å²) in [6.07, 6.45) is 0.235. The summed E-state index contributed by atoms with van der Waals surface area (Å²) in [5, 5.41) is 0. The topological polar surface area (TPSA) is 86.2 Å². The van der Waals surface area contributed by atoms with E-state index in [1.165, 1.54) is 6.92 Å². The number of hydrogen-bond acceptors (Lipinski definition) is 2. The number of benzene rings is 1. The summed E-state index contributed by atoms with van der Waals surface area (Å²) >= 11 is 0. The van der Waals surface area contributed by atoms with Gasteiger partial charge in [-0.25, -0.2) is 0 Å². The summed E-state index contributed by atoms with van der Waals surface area (Å²) in [7, 11) is 0. The normalized spacial score (nSPS) is 11.0. The highest BCUT2D eigenvalue weighted by Gasteiger charge is 2.37. The molecular weight excluding hydrogens is 192 g/mol. The first-order valence-electron chi connectivity index (χ1n) is 4.60. The van der Waals surface area contributed by atoms with Crippen LogP contribution in [0.2, 0.25) is 0 Å². The molecule has 0 aliphatic carbocycles. The van der Waals surface area contributed by atoms with E-state index in [4.69, 9.17) is 11.5 Å². The van der Waals surface area contributed by atoms with Crippen molar-refractivity contribution >= 4 is 11.8 Å². The minimum atomic E-state index is -1.32. The molecule has 0 radical (unpaired) electrons. The van der Waals surface area contributed by atoms with Crippen LogP contribution < -0.4 is 11.5 Å². The third-order valence-corrected chi connectivity index (χ3v) is 2.49. The Hall–Kier alpha value is -1.84. The molecular formula is C11H14N2O2. The molecule has 1 aromatic carbocycles. The van der Waals surface area contributed by atoms with Gasteiger partial charge in [0.2, 0.25) is 11.8 Å². The summed E-state index contributed by atoms with van der Waals surface area (Å²) < 4.78 is 0. The van der Waals surface area contributed by atoms with Gasteiger partial charge in [0, 0.05) is 0 Å². The van der Waals surface area contributed by atoms with Gasteiger partial charge >= 0.3 is 0 Å². The third-order valence-electron chi connectivity index (χ3n) is 2.49. The van der Waals surface area contributed by atoms with Gasteiger partial charge in [0.15, 0.2) is 0 Å². The van der Waals surface area contributed by atoms with E-state index in [0.29, 0.717) is 0 Å². The van der Waals surface area contributed by atoms with E-state index in [9.17, 15) is 9.59 Å². The van der Waals surface area contributed by atoms with Gasteiger partial charge in [-0.1, -0.05) is 30.3 Å². The third kappa shape index (κ3) is 2.34. The summed E-state index contributed by atoms with van der Waals surface area (Å²) in [6.45, 7) is 1.46. The molecule has 4 N–H and O–H groups in total. The van der Waals surface area contributed by atoms with Gasteiger partial charge in [0.1, 0.15) is 5.41 Å². The number of nitrogens with two attached hydrogens (primary N) is 2. The predicted octanol–water partition coefficient (Wildman–Crippen LogP) is 0.206. The standard InChI is InChI=1S/C11H14N2O2/c1-11(9(12)14,10(13)15)7-8-5-3-2-4-6-8/h2-6H,7H2,1H3,(H2,12,14)(H2,13,15). The zero-order valence-electron chi connectivity index (χ0n) is 8.57. The number of primary amides is 2. The average Bonchev–Trinajstić information content (AvgIpc) is 2.18. The molecule has 2 amide bonds. The summed E-state index contributed by atoms with van der Waals surface area (Å²) in [6, 6.07) is 9.17. The van der Waals surface area contributed by atoms with Gasteiger partial charge in [-0.05, 0) is 18.9 Å². The fourth-order valence-corrected chi connectivity index (χ4v) is 1.30. The highest BCUT2D eigenvalue weighted by Crippen LogP contribution is 2.21. The fourth-order valence-electron chi connectivity index (χ4n) is 1.30. The molecule has 4 nitrogen and oxygen atoms in total. The quantitative estimate of drug-likeness (QED) is 0.690. The van der Waals surface area contributed by atoms with Crippen molar-refractivity contribution in [2.45, 2.75) is 13.3 Å². The van der Waals surface area contributed by atoms with Crippen molar-refractivity contribution < 1.29 is 9.59 Å². The van der Waals surface area contributed by atoms with Crippen molar-refractivity contribution in [3.63, 3.8) is 0 Å². The predicted molar refractivity (Wildman–Crippen MR) is 56.6 cm³/mol. The van der Waals surface area contributed by atoms with E-state index >= 15 is 0 Å². The zero-order chi connectivity index (χ0) is 11.5. The van der Waals surface area contributed by atoms with Crippen LogP contribution in [0.25, 0.3) is 0 Å². The first-order chi connectivity index (χ1) is 6.97. The zero-order valence-corrected chi connectivity index (χ0v) is 8.57. The van der Waals surface area contributed by atoms with E-state index in [1.807, 2.05) is 30.3 Å². The Morgan fingerprint density at radius 3 is 2.00 bits per heavy atom. The Kier molecular flexibility index (Phi) is 3.09. The molecule has 80 valence electrons. The molecule has 0 saturated carbocycles. The second-order valence-electron chi connectivity index (χ2n) is 3.72. The lowest BCUT2D eigenvalue weighted by molar-refractivity contribution is -0.138. The first kappa shape index (κ1) is 11.2. The molecule has 0 fully saturated rings. The Morgan fingerprint density at radius 1 is 1.13 bits per heavy atom. The monoisotopic (exact) mass is 206 g/mol. The van der Waals surface area contributed by atoms with Crippen molar-refractivity contribution in [1.29, 1.82) is 0 Å². The van der Waals surface area contributed by atoms with Crippen molar-refractivity contribution in [2.24, 2.45) is 16.9 Å². The van der Waals surface area contributed by atoms with E-state index in [0.717, 1.165) is 5.56 Å². The molecule has 0 heterocycles. The first-order valence-corrected chi connectivity index (χ1v) is 4.60. The van der Waals surface area contributed by atoms with Crippen LogP contribution in [0, 0.1) is 5.41 Å². The van der Waals surface area contributed by atoms with Crippen LogP contribution in [0.3, 0.4) is 0 Å². The summed E-state index contributed by atoms with van der Waals surface area (Å²) in [5.41, 5.74) is 9.90. The SMILES string of the molecule is CC(Cc1ccccc1)(C(N)=O)C(N)=O. The minimum absolute atomic E-state index is 0.235. The Balaban J connectivity index is 2.95. The second kappa shape index (κ2) is 4.13. The maximum atomic E-state index is 11.2. The van der Waals surface area contributed by atoms with Gasteiger partial charge in [0.05, 0.1) is 0 Å². The molecule has 1 aromatic rings. The van der Waals surface area contributed by atoms with Crippen LogP contribution >= 0.6 is 0 Å². The Labute approximate surface area is 88.3 Å².